The van der Waals surface area contributed by atoms with E-state index in [4.69, 9.17) is 4.74 Å². The molecule has 0 bridgehead atoms. The number of benzene rings is 3. The predicted molar refractivity (Wildman–Crippen MR) is 171 cm³/mol. The van der Waals surface area contributed by atoms with Gasteiger partial charge in [-0.05, 0) is 71.7 Å². The Hall–Kier alpha value is -2.78. The summed E-state index contributed by atoms with van der Waals surface area (Å²) in [6.45, 7) is 4.44. The highest BCUT2D eigenvalue weighted by atomic mass is 32.2. The molecule has 6 nitrogen and oxygen atoms in total. The number of likely N-dealkylation sites (tertiary alicyclic amines) is 1. The number of nitrogens with one attached hydrogen (secondary N) is 1. The number of carboxylic acid groups (broad SMARTS) is 1. The van der Waals surface area contributed by atoms with Crippen molar-refractivity contribution in [3.8, 4) is 11.1 Å². The van der Waals surface area contributed by atoms with Crippen molar-refractivity contribution in [2.75, 3.05) is 32.3 Å². The minimum atomic E-state index is -1.01. The molecule has 3 aromatic carbocycles. The summed E-state index contributed by atoms with van der Waals surface area (Å²) in [4.78, 5) is 27.8. The molecule has 1 fully saturated rings. The van der Waals surface area contributed by atoms with Crippen LogP contribution in [0.5, 0.6) is 0 Å². The molecule has 4 rings (SSSR count). The maximum absolute atomic E-state index is 13.4. The lowest BCUT2D eigenvalue weighted by Gasteiger charge is -2.24. The van der Waals surface area contributed by atoms with Crippen LogP contribution in [0.1, 0.15) is 39.9 Å². The fourth-order valence-electron chi connectivity index (χ4n) is 5.36. The number of ether oxygens (including phenoxy) is 1. The number of aliphatic carboxylic acids is 1. The molecule has 1 aliphatic rings. The Morgan fingerprint density at radius 3 is 2.51 bits per heavy atom. The number of hydrogen-bond donors (Lipinski definition) is 2. The molecular formula is C33H40N2O4S2. The van der Waals surface area contributed by atoms with Crippen molar-refractivity contribution in [3.05, 3.63) is 95.1 Å². The minimum absolute atomic E-state index is 0.325. The topological polar surface area (TPSA) is 78.9 Å². The monoisotopic (exact) mass is 592 g/mol. The molecule has 8 heteroatoms. The Balaban J connectivity index is 1.56. The number of nitrogens with zero attached hydrogens (tertiary/aromatic N) is 1. The summed E-state index contributed by atoms with van der Waals surface area (Å²) in [6.07, 6.45) is 3.37. The van der Waals surface area contributed by atoms with Gasteiger partial charge in [0.05, 0.1) is 6.61 Å². The van der Waals surface area contributed by atoms with Gasteiger partial charge in [0.1, 0.15) is 6.04 Å². The molecule has 218 valence electrons. The molecule has 0 radical (unpaired) electrons. The van der Waals surface area contributed by atoms with E-state index in [0.29, 0.717) is 35.6 Å². The first-order valence-corrected chi connectivity index (χ1v) is 16.4. The van der Waals surface area contributed by atoms with Crippen LogP contribution in [0.3, 0.4) is 0 Å². The van der Waals surface area contributed by atoms with Crippen LogP contribution < -0.4 is 5.32 Å². The smallest absolute Gasteiger partial charge is 0.326 e. The second-order valence-corrected chi connectivity index (χ2v) is 12.8. The molecule has 3 aromatic rings. The van der Waals surface area contributed by atoms with Gasteiger partial charge in [-0.3, -0.25) is 9.69 Å². The van der Waals surface area contributed by atoms with Crippen LogP contribution in [0.15, 0.2) is 72.8 Å². The minimum Gasteiger partial charge on any atom is -0.480 e. The first-order chi connectivity index (χ1) is 19.9. The van der Waals surface area contributed by atoms with Crippen LogP contribution in [0.4, 0.5) is 0 Å². The molecule has 1 aliphatic heterocycles. The highest BCUT2D eigenvalue weighted by molar-refractivity contribution is 7.99. The summed E-state index contributed by atoms with van der Waals surface area (Å²) < 4.78 is 5.60. The Morgan fingerprint density at radius 2 is 1.80 bits per heavy atom. The number of hydrogen-bond acceptors (Lipinski definition) is 6. The Labute approximate surface area is 252 Å². The fraction of sp³-hybridized carbons (Fsp3) is 0.394. The van der Waals surface area contributed by atoms with Crippen molar-refractivity contribution >= 4 is 35.4 Å². The van der Waals surface area contributed by atoms with E-state index in [2.05, 4.69) is 46.6 Å². The lowest BCUT2D eigenvalue weighted by molar-refractivity contribution is -0.139. The summed E-state index contributed by atoms with van der Waals surface area (Å²) in [7, 11) is 1.76. The molecule has 0 spiro atoms. The van der Waals surface area contributed by atoms with Crippen molar-refractivity contribution in [1.29, 1.82) is 0 Å². The van der Waals surface area contributed by atoms with Crippen molar-refractivity contribution in [3.63, 3.8) is 0 Å². The zero-order chi connectivity index (χ0) is 29.2. The SMILES string of the molecule is COCC1CC(SCc2ccccc2)CN1Cc1ccc(C(=O)NC(CCSC)C(=O)O)c(-c2ccccc2C)c1. The van der Waals surface area contributed by atoms with Gasteiger partial charge in [-0.2, -0.15) is 23.5 Å². The van der Waals surface area contributed by atoms with Crippen molar-refractivity contribution < 1.29 is 19.4 Å². The van der Waals surface area contributed by atoms with E-state index in [0.717, 1.165) is 47.5 Å². The van der Waals surface area contributed by atoms with Crippen LogP contribution in [-0.2, 0) is 21.8 Å². The molecule has 1 saturated heterocycles. The van der Waals surface area contributed by atoms with Crippen molar-refractivity contribution in [2.24, 2.45) is 0 Å². The van der Waals surface area contributed by atoms with Gasteiger partial charge in [0, 0.05) is 42.8 Å². The van der Waals surface area contributed by atoms with E-state index in [-0.39, 0.29) is 5.91 Å². The number of carboxylic acids is 1. The van der Waals surface area contributed by atoms with E-state index in [1.165, 1.54) is 5.56 Å². The van der Waals surface area contributed by atoms with Gasteiger partial charge in [-0.15, -0.1) is 0 Å². The third-order valence-electron chi connectivity index (χ3n) is 7.54. The van der Waals surface area contributed by atoms with E-state index < -0.39 is 12.0 Å². The highest BCUT2D eigenvalue weighted by Gasteiger charge is 2.32. The van der Waals surface area contributed by atoms with Gasteiger partial charge in [-0.25, -0.2) is 4.79 Å². The molecule has 41 heavy (non-hydrogen) atoms. The molecule has 3 unspecified atom stereocenters. The lowest BCUT2D eigenvalue weighted by Crippen LogP contribution is -2.41. The summed E-state index contributed by atoms with van der Waals surface area (Å²) in [5.74, 6) is 0.275. The molecular weight excluding hydrogens is 553 g/mol. The van der Waals surface area contributed by atoms with E-state index >= 15 is 0 Å². The maximum atomic E-state index is 13.4. The molecule has 1 amide bonds. The zero-order valence-electron chi connectivity index (χ0n) is 24.0. The first kappa shape index (κ1) is 31.2. The van der Waals surface area contributed by atoms with Crippen LogP contribution in [0, 0.1) is 6.92 Å². The second kappa shape index (κ2) is 15.4. The third-order valence-corrected chi connectivity index (χ3v) is 9.50. The van der Waals surface area contributed by atoms with Crippen LogP contribution in [-0.4, -0.2) is 71.5 Å². The van der Waals surface area contributed by atoms with Gasteiger partial charge in [-0.1, -0.05) is 60.7 Å². The summed E-state index contributed by atoms with van der Waals surface area (Å²) in [5, 5.41) is 13.0. The number of carbonyl (C=O) groups is 2. The summed E-state index contributed by atoms with van der Waals surface area (Å²) in [6, 6.07) is 24.0. The standard InChI is InChI=1S/C33H40N2O4S2/c1-23-9-7-8-12-28(23)30-17-25(13-14-29(30)32(36)34-31(33(37)38)15-16-40-3)19-35-20-27(18-26(35)21-39-2)41-22-24-10-5-4-6-11-24/h4-14,17,26-27,31H,15-16,18-22H2,1-3H3,(H,34,36)(H,37,38). The first-order valence-electron chi connectivity index (χ1n) is 14.0. The molecule has 0 aromatic heterocycles. The number of carbonyl (C=O) groups excluding carboxylic acids is 1. The number of methoxy groups -OCH3 is 1. The van der Waals surface area contributed by atoms with E-state index in [1.807, 2.05) is 61.3 Å². The molecule has 2 N–H and O–H groups in total. The van der Waals surface area contributed by atoms with Gasteiger partial charge < -0.3 is 15.2 Å². The van der Waals surface area contributed by atoms with Gasteiger partial charge in [0.15, 0.2) is 0 Å². The van der Waals surface area contributed by atoms with Gasteiger partial charge in [0.25, 0.3) is 5.91 Å². The Kier molecular flexibility index (Phi) is 11.7. The third kappa shape index (κ3) is 8.61. The van der Waals surface area contributed by atoms with Crippen LogP contribution in [0.2, 0.25) is 0 Å². The lowest BCUT2D eigenvalue weighted by atomic mass is 9.93. The van der Waals surface area contributed by atoms with Gasteiger partial charge in [0.2, 0.25) is 0 Å². The Bertz CT molecular complexity index is 1300. The zero-order valence-corrected chi connectivity index (χ0v) is 25.7. The quantitative estimate of drug-likeness (QED) is 0.234. The second-order valence-electron chi connectivity index (χ2n) is 10.5. The predicted octanol–water partition coefficient (Wildman–Crippen LogP) is 6.12. The molecule has 0 aliphatic carbocycles. The normalized spacial score (nSPS) is 17.8. The maximum Gasteiger partial charge on any atom is 0.326 e. The Morgan fingerprint density at radius 1 is 1.05 bits per heavy atom. The van der Waals surface area contributed by atoms with E-state index in [9.17, 15) is 14.7 Å². The van der Waals surface area contributed by atoms with Crippen molar-refractivity contribution in [2.45, 2.75) is 49.4 Å². The average molecular weight is 593 g/mol. The highest BCUT2D eigenvalue weighted by Crippen LogP contribution is 2.33. The van der Waals surface area contributed by atoms with Crippen LogP contribution in [0.25, 0.3) is 11.1 Å². The van der Waals surface area contributed by atoms with Gasteiger partial charge >= 0.3 is 5.97 Å². The number of amides is 1. The number of thioether (sulfide) groups is 2. The number of rotatable bonds is 14. The summed E-state index contributed by atoms with van der Waals surface area (Å²) >= 11 is 3.57. The molecule has 1 heterocycles. The molecule has 0 saturated carbocycles. The van der Waals surface area contributed by atoms with E-state index in [1.54, 1.807) is 18.9 Å². The fourth-order valence-corrected chi connectivity index (χ4v) is 7.10. The summed E-state index contributed by atoms with van der Waals surface area (Å²) in [5.41, 5.74) is 5.81. The largest absolute Gasteiger partial charge is 0.480 e. The number of aryl methyl sites for hydroxylation is 1. The average Bonchev–Trinajstić information content (AvgIpc) is 3.35. The van der Waals surface area contributed by atoms with Crippen LogP contribution >= 0.6 is 23.5 Å². The molecule has 3 atom stereocenters. The van der Waals surface area contributed by atoms with Crippen molar-refractivity contribution in [1.82, 2.24) is 10.2 Å².